The van der Waals surface area contributed by atoms with Crippen molar-refractivity contribution in [3.05, 3.63) is 0 Å². The van der Waals surface area contributed by atoms with Crippen molar-refractivity contribution in [2.24, 2.45) is 0 Å². The molecule has 0 saturated carbocycles. The van der Waals surface area contributed by atoms with Crippen molar-refractivity contribution in [2.45, 2.75) is 6.92 Å². The van der Waals surface area contributed by atoms with E-state index in [4.69, 9.17) is 0 Å². The van der Waals surface area contributed by atoms with E-state index in [2.05, 4.69) is 5.32 Å². The molecule has 0 aliphatic carbocycles. The predicted octanol–water partition coefficient (Wildman–Crippen LogP) is -0.578. The standard InChI is InChI=1S/C11H22N4O2/c1-4-14(9-10(16)13(2)3)11(17)15-7-5-12-6-8-15/h12H,4-9H2,1-3H3. The Balaban J connectivity index is 2.53. The van der Waals surface area contributed by atoms with Gasteiger partial charge in [0.1, 0.15) is 6.54 Å². The summed E-state index contributed by atoms with van der Waals surface area (Å²) >= 11 is 0. The summed E-state index contributed by atoms with van der Waals surface area (Å²) < 4.78 is 0. The summed E-state index contributed by atoms with van der Waals surface area (Å²) in [5.41, 5.74) is 0. The minimum absolute atomic E-state index is 0.0378. The molecule has 98 valence electrons. The third-order valence-electron chi connectivity index (χ3n) is 2.86. The number of nitrogens with zero attached hydrogens (tertiary/aromatic N) is 3. The van der Waals surface area contributed by atoms with E-state index >= 15 is 0 Å². The average molecular weight is 242 g/mol. The van der Waals surface area contributed by atoms with Crippen LogP contribution in [0, 0.1) is 0 Å². The van der Waals surface area contributed by atoms with Crippen LogP contribution in [-0.4, -0.2) is 80.0 Å². The highest BCUT2D eigenvalue weighted by Crippen LogP contribution is 2.01. The molecular weight excluding hydrogens is 220 g/mol. The van der Waals surface area contributed by atoms with E-state index in [0.717, 1.165) is 13.1 Å². The first-order valence-electron chi connectivity index (χ1n) is 6.01. The molecule has 0 aromatic carbocycles. The molecule has 1 N–H and O–H groups in total. The molecule has 1 saturated heterocycles. The van der Waals surface area contributed by atoms with Crippen molar-refractivity contribution in [3.8, 4) is 0 Å². The fraction of sp³-hybridized carbons (Fsp3) is 0.818. The number of hydrogen-bond acceptors (Lipinski definition) is 3. The predicted molar refractivity (Wildman–Crippen MR) is 65.8 cm³/mol. The summed E-state index contributed by atoms with van der Waals surface area (Å²) in [5.74, 6) is -0.0460. The Morgan fingerprint density at radius 3 is 2.29 bits per heavy atom. The highest BCUT2D eigenvalue weighted by molar-refractivity contribution is 5.83. The molecule has 0 unspecified atom stereocenters. The Bertz CT molecular complexity index is 275. The van der Waals surface area contributed by atoms with Crippen LogP contribution in [0.15, 0.2) is 0 Å². The first-order valence-corrected chi connectivity index (χ1v) is 6.01. The van der Waals surface area contributed by atoms with Gasteiger partial charge in [-0.1, -0.05) is 0 Å². The van der Waals surface area contributed by atoms with Gasteiger partial charge in [0.15, 0.2) is 0 Å². The Morgan fingerprint density at radius 2 is 1.82 bits per heavy atom. The van der Waals surface area contributed by atoms with Crippen molar-refractivity contribution >= 4 is 11.9 Å². The Hall–Kier alpha value is -1.30. The molecule has 6 heteroatoms. The van der Waals surface area contributed by atoms with Crippen LogP contribution in [0.3, 0.4) is 0 Å². The van der Waals surface area contributed by atoms with Crippen molar-refractivity contribution < 1.29 is 9.59 Å². The summed E-state index contributed by atoms with van der Waals surface area (Å²) in [4.78, 5) is 28.6. The number of carbonyl (C=O) groups excluding carboxylic acids is 2. The van der Waals surface area contributed by atoms with Crippen LogP contribution >= 0.6 is 0 Å². The molecule has 1 fully saturated rings. The van der Waals surface area contributed by atoms with Crippen LogP contribution in [0.5, 0.6) is 0 Å². The van der Waals surface area contributed by atoms with E-state index in [0.29, 0.717) is 19.6 Å². The van der Waals surface area contributed by atoms with E-state index in [-0.39, 0.29) is 18.5 Å². The normalized spacial score (nSPS) is 15.6. The molecule has 0 aromatic heterocycles. The van der Waals surface area contributed by atoms with Crippen LogP contribution in [0.25, 0.3) is 0 Å². The maximum atomic E-state index is 12.1. The molecule has 0 spiro atoms. The largest absolute Gasteiger partial charge is 0.347 e. The van der Waals surface area contributed by atoms with E-state index < -0.39 is 0 Å². The molecule has 0 atom stereocenters. The van der Waals surface area contributed by atoms with Gasteiger partial charge in [-0.15, -0.1) is 0 Å². The molecule has 17 heavy (non-hydrogen) atoms. The molecule has 6 nitrogen and oxygen atoms in total. The van der Waals surface area contributed by atoms with Gasteiger partial charge in [-0.2, -0.15) is 0 Å². The van der Waals surface area contributed by atoms with Gasteiger partial charge in [0.05, 0.1) is 0 Å². The maximum Gasteiger partial charge on any atom is 0.320 e. The molecule has 0 bridgehead atoms. The summed E-state index contributed by atoms with van der Waals surface area (Å²) in [5, 5.41) is 3.20. The number of carbonyl (C=O) groups is 2. The van der Waals surface area contributed by atoms with Crippen molar-refractivity contribution in [2.75, 3.05) is 53.4 Å². The van der Waals surface area contributed by atoms with Gasteiger partial charge in [0.2, 0.25) is 5.91 Å². The molecule has 1 aliphatic rings. The number of amides is 3. The van der Waals surface area contributed by atoms with Gasteiger partial charge in [-0.05, 0) is 6.92 Å². The molecular formula is C11H22N4O2. The number of rotatable bonds is 3. The third-order valence-corrected chi connectivity index (χ3v) is 2.86. The van der Waals surface area contributed by atoms with Gasteiger partial charge in [0, 0.05) is 46.8 Å². The van der Waals surface area contributed by atoms with Gasteiger partial charge >= 0.3 is 6.03 Å². The van der Waals surface area contributed by atoms with E-state index in [1.165, 1.54) is 4.90 Å². The van der Waals surface area contributed by atoms with Crippen LogP contribution in [0.2, 0.25) is 0 Å². The maximum absolute atomic E-state index is 12.1. The van der Waals surface area contributed by atoms with Crippen LogP contribution in [0.4, 0.5) is 4.79 Å². The second kappa shape index (κ2) is 6.44. The lowest BCUT2D eigenvalue weighted by molar-refractivity contribution is -0.129. The van der Waals surface area contributed by atoms with E-state index in [1.807, 2.05) is 6.92 Å². The van der Waals surface area contributed by atoms with Crippen molar-refractivity contribution in [1.29, 1.82) is 0 Å². The van der Waals surface area contributed by atoms with Crippen LogP contribution in [-0.2, 0) is 4.79 Å². The molecule has 1 aliphatic heterocycles. The first-order chi connectivity index (χ1) is 8.06. The summed E-state index contributed by atoms with van der Waals surface area (Å²) in [6, 6.07) is -0.0378. The Kier molecular flexibility index (Phi) is 5.21. The molecule has 3 amide bonds. The van der Waals surface area contributed by atoms with Gasteiger partial charge in [-0.3, -0.25) is 4.79 Å². The molecule has 0 radical (unpaired) electrons. The number of urea groups is 1. The lowest BCUT2D eigenvalue weighted by atomic mass is 10.3. The molecule has 0 aromatic rings. The van der Waals surface area contributed by atoms with Gasteiger partial charge < -0.3 is 20.0 Å². The SMILES string of the molecule is CCN(CC(=O)N(C)C)C(=O)N1CCNCC1. The van der Waals surface area contributed by atoms with Crippen LogP contribution < -0.4 is 5.32 Å². The quantitative estimate of drug-likeness (QED) is 0.720. The van der Waals surface area contributed by atoms with Crippen LogP contribution in [0.1, 0.15) is 6.92 Å². The Morgan fingerprint density at radius 1 is 1.24 bits per heavy atom. The lowest BCUT2D eigenvalue weighted by Crippen LogP contribution is -2.53. The van der Waals surface area contributed by atoms with Gasteiger partial charge in [0.25, 0.3) is 0 Å². The zero-order chi connectivity index (χ0) is 12.8. The number of hydrogen-bond donors (Lipinski definition) is 1. The molecule has 1 heterocycles. The fourth-order valence-corrected chi connectivity index (χ4v) is 1.68. The summed E-state index contributed by atoms with van der Waals surface area (Å²) in [6.07, 6.45) is 0. The zero-order valence-corrected chi connectivity index (χ0v) is 10.9. The number of likely N-dealkylation sites (N-methyl/N-ethyl adjacent to an activating group) is 2. The minimum atomic E-state index is -0.0460. The number of nitrogens with one attached hydrogen (secondary N) is 1. The van der Waals surface area contributed by atoms with E-state index in [1.54, 1.807) is 23.9 Å². The summed E-state index contributed by atoms with van der Waals surface area (Å²) in [7, 11) is 3.40. The highest BCUT2D eigenvalue weighted by Gasteiger charge is 2.23. The van der Waals surface area contributed by atoms with Gasteiger partial charge in [-0.25, -0.2) is 4.79 Å². The monoisotopic (exact) mass is 242 g/mol. The zero-order valence-electron chi connectivity index (χ0n) is 10.9. The minimum Gasteiger partial charge on any atom is -0.347 e. The van der Waals surface area contributed by atoms with Crippen molar-refractivity contribution in [3.63, 3.8) is 0 Å². The fourth-order valence-electron chi connectivity index (χ4n) is 1.68. The van der Waals surface area contributed by atoms with Crippen molar-refractivity contribution in [1.82, 2.24) is 20.0 Å². The van der Waals surface area contributed by atoms with E-state index in [9.17, 15) is 9.59 Å². The second-order valence-electron chi connectivity index (χ2n) is 4.32. The third kappa shape index (κ3) is 3.89. The Labute approximate surface area is 103 Å². The second-order valence-corrected chi connectivity index (χ2v) is 4.32. The smallest absolute Gasteiger partial charge is 0.320 e. The molecule has 1 rings (SSSR count). The first kappa shape index (κ1) is 13.8. The average Bonchev–Trinajstić information content (AvgIpc) is 2.35. The topological polar surface area (TPSA) is 55.9 Å². The summed E-state index contributed by atoms with van der Waals surface area (Å²) in [6.45, 7) is 5.68. The lowest BCUT2D eigenvalue weighted by Gasteiger charge is -2.32. The number of piperazine rings is 1. The highest BCUT2D eigenvalue weighted by atomic mass is 16.2.